The Bertz CT molecular complexity index is 516. The van der Waals surface area contributed by atoms with Crippen molar-refractivity contribution in [3.8, 4) is 0 Å². The third-order valence-electron chi connectivity index (χ3n) is 3.21. The number of rotatable bonds is 2. The minimum absolute atomic E-state index is 0.141. The van der Waals surface area contributed by atoms with Gasteiger partial charge in [0.15, 0.2) is 0 Å². The third kappa shape index (κ3) is 2.68. The summed E-state index contributed by atoms with van der Waals surface area (Å²) >= 11 is 0. The number of benzene rings is 1. The Labute approximate surface area is 111 Å². The van der Waals surface area contributed by atoms with Crippen LogP contribution < -0.4 is 11.5 Å². The Balaban J connectivity index is 2.31. The third-order valence-corrected chi connectivity index (χ3v) is 3.21. The summed E-state index contributed by atoms with van der Waals surface area (Å²) in [5, 5.41) is 0. The van der Waals surface area contributed by atoms with Crippen LogP contribution in [0.4, 0.5) is 5.69 Å². The first-order chi connectivity index (χ1) is 9.00. The highest BCUT2D eigenvalue weighted by Crippen LogP contribution is 2.18. The van der Waals surface area contributed by atoms with Gasteiger partial charge in [-0.3, -0.25) is 9.59 Å². The molecule has 1 aliphatic rings. The maximum atomic E-state index is 12.5. The zero-order valence-electron chi connectivity index (χ0n) is 10.8. The molecule has 102 valence electrons. The molecule has 1 aliphatic heterocycles. The van der Waals surface area contributed by atoms with E-state index in [0.29, 0.717) is 24.4 Å². The highest BCUT2D eigenvalue weighted by atomic mass is 16.5. The van der Waals surface area contributed by atoms with Crippen LogP contribution in [-0.4, -0.2) is 42.5 Å². The highest BCUT2D eigenvalue weighted by molar-refractivity contribution is 5.99. The topological polar surface area (TPSA) is 98.7 Å². The average Bonchev–Trinajstić information content (AvgIpc) is 2.40. The molecular formula is C13H17N3O3. The molecule has 1 saturated heterocycles. The lowest BCUT2D eigenvalue weighted by atomic mass is 10.0. The maximum Gasteiger partial charge on any atom is 0.255 e. The van der Waals surface area contributed by atoms with Crippen molar-refractivity contribution in [2.24, 2.45) is 5.73 Å². The van der Waals surface area contributed by atoms with Gasteiger partial charge in [-0.1, -0.05) is 6.07 Å². The van der Waals surface area contributed by atoms with E-state index in [2.05, 4.69) is 0 Å². The lowest BCUT2D eigenvalue weighted by molar-refractivity contribution is -0.127. The number of carbonyl (C=O) groups is 2. The van der Waals surface area contributed by atoms with Gasteiger partial charge in [0.2, 0.25) is 5.91 Å². The minimum atomic E-state index is -0.720. The average molecular weight is 263 g/mol. The number of aryl methyl sites for hydroxylation is 1. The minimum Gasteiger partial charge on any atom is -0.399 e. The molecule has 2 rings (SSSR count). The van der Waals surface area contributed by atoms with E-state index in [1.807, 2.05) is 6.92 Å². The van der Waals surface area contributed by atoms with Crippen LogP contribution >= 0.6 is 0 Å². The molecule has 1 atom stereocenters. The maximum absolute atomic E-state index is 12.5. The normalized spacial score (nSPS) is 19.2. The number of anilines is 1. The monoisotopic (exact) mass is 263 g/mol. The van der Waals surface area contributed by atoms with Gasteiger partial charge in [-0.2, -0.15) is 0 Å². The predicted octanol–water partition coefficient (Wildman–Crippen LogP) is -0.0965. The van der Waals surface area contributed by atoms with Crippen LogP contribution in [0.1, 0.15) is 15.9 Å². The number of nitrogens with zero attached hydrogens (tertiary/aromatic N) is 1. The summed E-state index contributed by atoms with van der Waals surface area (Å²) in [6.07, 6.45) is 0. The zero-order valence-corrected chi connectivity index (χ0v) is 10.8. The quantitative estimate of drug-likeness (QED) is 0.728. The lowest BCUT2D eigenvalue weighted by Gasteiger charge is -2.33. The molecule has 0 aliphatic carbocycles. The standard InChI is InChI=1S/C13H17N3O3/c1-8-2-3-9(14)6-10(8)13(18)16-4-5-19-7-11(16)12(15)17/h2-3,6,11H,4-5,7,14H2,1H3,(H2,15,17). The number of morpholine rings is 1. The van der Waals surface area contributed by atoms with Crippen LogP contribution in [0, 0.1) is 6.92 Å². The van der Waals surface area contributed by atoms with Crippen LogP contribution in [0.3, 0.4) is 0 Å². The van der Waals surface area contributed by atoms with E-state index in [9.17, 15) is 9.59 Å². The highest BCUT2D eigenvalue weighted by Gasteiger charge is 2.32. The van der Waals surface area contributed by atoms with E-state index in [1.165, 1.54) is 4.90 Å². The van der Waals surface area contributed by atoms with Crippen molar-refractivity contribution in [2.75, 3.05) is 25.5 Å². The van der Waals surface area contributed by atoms with Crippen molar-refractivity contribution in [2.45, 2.75) is 13.0 Å². The Morgan fingerprint density at radius 1 is 1.42 bits per heavy atom. The molecule has 2 amide bonds. The van der Waals surface area contributed by atoms with Gasteiger partial charge in [-0.25, -0.2) is 0 Å². The fourth-order valence-electron chi connectivity index (χ4n) is 2.11. The summed E-state index contributed by atoms with van der Waals surface area (Å²) < 4.78 is 5.19. The van der Waals surface area contributed by atoms with Gasteiger partial charge < -0.3 is 21.1 Å². The number of nitrogen functional groups attached to an aromatic ring is 1. The number of hydrogen-bond donors (Lipinski definition) is 2. The SMILES string of the molecule is Cc1ccc(N)cc1C(=O)N1CCOCC1C(N)=O. The first kappa shape index (κ1) is 13.4. The van der Waals surface area contributed by atoms with E-state index in [1.54, 1.807) is 18.2 Å². The molecule has 0 spiro atoms. The van der Waals surface area contributed by atoms with Gasteiger partial charge in [0.1, 0.15) is 6.04 Å². The number of amides is 2. The number of nitrogens with two attached hydrogens (primary N) is 2. The van der Waals surface area contributed by atoms with Crippen LogP contribution in [0.5, 0.6) is 0 Å². The Kier molecular flexibility index (Phi) is 3.71. The van der Waals surface area contributed by atoms with Gasteiger partial charge in [0.05, 0.1) is 13.2 Å². The fourth-order valence-corrected chi connectivity index (χ4v) is 2.11. The van der Waals surface area contributed by atoms with Crippen molar-refractivity contribution < 1.29 is 14.3 Å². The lowest BCUT2D eigenvalue weighted by Crippen LogP contribution is -2.54. The van der Waals surface area contributed by atoms with E-state index >= 15 is 0 Å². The smallest absolute Gasteiger partial charge is 0.255 e. The van der Waals surface area contributed by atoms with Crippen LogP contribution in [0.25, 0.3) is 0 Å². The number of primary amides is 1. The molecule has 4 N–H and O–H groups in total. The molecule has 19 heavy (non-hydrogen) atoms. The molecule has 0 radical (unpaired) electrons. The summed E-state index contributed by atoms with van der Waals surface area (Å²) in [6, 6.07) is 4.41. The van der Waals surface area contributed by atoms with E-state index in [-0.39, 0.29) is 12.5 Å². The second-order valence-electron chi connectivity index (χ2n) is 4.57. The van der Waals surface area contributed by atoms with E-state index in [4.69, 9.17) is 16.2 Å². The summed E-state index contributed by atoms with van der Waals surface area (Å²) in [4.78, 5) is 25.3. The van der Waals surface area contributed by atoms with Gasteiger partial charge in [0.25, 0.3) is 5.91 Å². The Morgan fingerprint density at radius 3 is 2.84 bits per heavy atom. The molecule has 6 heteroatoms. The Hall–Kier alpha value is -2.08. The number of ether oxygens (including phenoxy) is 1. The predicted molar refractivity (Wildman–Crippen MR) is 70.4 cm³/mol. The molecule has 0 aromatic heterocycles. The van der Waals surface area contributed by atoms with Crippen molar-refractivity contribution in [1.82, 2.24) is 4.90 Å². The van der Waals surface area contributed by atoms with Crippen molar-refractivity contribution >= 4 is 17.5 Å². The van der Waals surface area contributed by atoms with Crippen LogP contribution in [0.15, 0.2) is 18.2 Å². The summed E-state index contributed by atoms with van der Waals surface area (Å²) in [7, 11) is 0. The second kappa shape index (κ2) is 5.27. The van der Waals surface area contributed by atoms with Gasteiger partial charge in [-0.15, -0.1) is 0 Å². The van der Waals surface area contributed by atoms with E-state index in [0.717, 1.165) is 5.56 Å². The second-order valence-corrected chi connectivity index (χ2v) is 4.57. The van der Waals surface area contributed by atoms with Crippen molar-refractivity contribution in [3.05, 3.63) is 29.3 Å². The summed E-state index contributed by atoms with van der Waals surface area (Å²) in [5.41, 5.74) is 12.8. The molecule has 1 aromatic rings. The first-order valence-electron chi connectivity index (χ1n) is 6.05. The van der Waals surface area contributed by atoms with Crippen molar-refractivity contribution in [1.29, 1.82) is 0 Å². The molecule has 1 heterocycles. The molecule has 6 nitrogen and oxygen atoms in total. The number of carbonyl (C=O) groups excluding carboxylic acids is 2. The largest absolute Gasteiger partial charge is 0.399 e. The molecule has 1 unspecified atom stereocenters. The van der Waals surface area contributed by atoms with Gasteiger partial charge in [0, 0.05) is 17.8 Å². The first-order valence-corrected chi connectivity index (χ1v) is 6.05. The zero-order chi connectivity index (χ0) is 14.0. The fraction of sp³-hybridized carbons (Fsp3) is 0.385. The Morgan fingerprint density at radius 2 is 2.16 bits per heavy atom. The van der Waals surface area contributed by atoms with Gasteiger partial charge in [-0.05, 0) is 24.6 Å². The summed E-state index contributed by atoms with van der Waals surface area (Å²) in [5.74, 6) is -0.800. The number of hydrogen-bond acceptors (Lipinski definition) is 4. The molecule has 0 bridgehead atoms. The van der Waals surface area contributed by atoms with E-state index < -0.39 is 11.9 Å². The summed E-state index contributed by atoms with van der Waals surface area (Å²) in [6.45, 7) is 2.71. The van der Waals surface area contributed by atoms with Crippen molar-refractivity contribution in [3.63, 3.8) is 0 Å². The van der Waals surface area contributed by atoms with Gasteiger partial charge >= 0.3 is 0 Å². The molecule has 1 aromatic carbocycles. The molecule has 1 fully saturated rings. The van der Waals surface area contributed by atoms with Crippen LogP contribution in [-0.2, 0) is 9.53 Å². The van der Waals surface area contributed by atoms with Crippen LogP contribution in [0.2, 0.25) is 0 Å². The molecule has 0 saturated carbocycles. The molecular weight excluding hydrogens is 246 g/mol.